The van der Waals surface area contributed by atoms with Gasteiger partial charge in [-0.25, -0.2) is 4.98 Å². The van der Waals surface area contributed by atoms with Crippen LogP contribution in [0, 0.1) is 0 Å². The second-order valence-corrected chi connectivity index (χ2v) is 4.18. The molecule has 5 heteroatoms. The highest BCUT2D eigenvalue weighted by molar-refractivity contribution is 7.09. The van der Waals surface area contributed by atoms with E-state index in [0.29, 0.717) is 0 Å². The molecule has 1 heterocycles. The maximum Gasteiger partial charge on any atom is 0.202 e. The average molecular weight is 234 g/mol. The molecule has 0 aromatic carbocycles. The molecule has 0 aliphatic heterocycles. The Morgan fingerprint density at radius 2 is 2.21 bits per heavy atom. The third-order valence-electron chi connectivity index (χ3n) is 1.87. The highest BCUT2D eigenvalue weighted by Gasteiger charge is 1.99. The highest BCUT2D eigenvalue weighted by atomic mass is 35.5. The van der Waals surface area contributed by atoms with Crippen LogP contribution >= 0.6 is 23.1 Å². The van der Waals surface area contributed by atoms with Crippen molar-refractivity contribution >= 4 is 28.3 Å². The third kappa shape index (κ3) is 4.24. The molecule has 1 N–H and O–H groups in total. The Kier molecular flexibility index (Phi) is 5.87. The number of unbranched alkanes of at least 4 members (excludes halogenated alkanes) is 2. The van der Waals surface area contributed by atoms with E-state index in [2.05, 4.69) is 21.6 Å². The Morgan fingerprint density at radius 1 is 1.36 bits per heavy atom. The monoisotopic (exact) mass is 233 g/mol. The molecule has 0 aliphatic rings. The van der Waals surface area contributed by atoms with E-state index in [1.165, 1.54) is 18.0 Å². The Balaban J connectivity index is 2.12. The summed E-state index contributed by atoms with van der Waals surface area (Å²) < 4.78 is 4.20. The van der Waals surface area contributed by atoms with E-state index in [-0.39, 0.29) is 0 Å². The lowest BCUT2D eigenvalue weighted by molar-refractivity contribution is 0.746. The molecule has 1 aromatic heterocycles. The van der Waals surface area contributed by atoms with E-state index >= 15 is 0 Å². The predicted molar refractivity (Wildman–Crippen MR) is 62.3 cm³/mol. The quantitative estimate of drug-likeness (QED) is 0.581. The molecule has 14 heavy (non-hydrogen) atoms. The summed E-state index contributed by atoms with van der Waals surface area (Å²) in [6.07, 6.45) is 4.33. The summed E-state index contributed by atoms with van der Waals surface area (Å²) >= 11 is 7.02. The van der Waals surface area contributed by atoms with Gasteiger partial charge in [-0.15, -0.1) is 11.6 Å². The van der Waals surface area contributed by atoms with Gasteiger partial charge in [-0.05, 0) is 12.8 Å². The van der Waals surface area contributed by atoms with Crippen molar-refractivity contribution in [3.8, 4) is 0 Å². The largest absolute Gasteiger partial charge is 0.360 e. The van der Waals surface area contributed by atoms with Crippen molar-refractivity contribution in [1.29, 1.82) is 0 Å². The van der Waals surface area contributed by atoms with Gasteiger partial charge >= 0.3 is 0 Å². The molecule has 0 amide bonds. The number of rotatable bonds is 7. The molecule has 0 saturated heterocycles. The maximum absolute atomic E-state index is 5.58. The van der Waals surface area contributed by atoms with Crippen molar-refractivity contribution in [2.45, 2.75) is 32.6 Å². The first-order valence-electron chi connectivity index (χ1n) is 4.99. The van der Waals surface area contributed by atoms with Gasteiger partial charge in [0.05, 0.1) is 0 Å². The number of anilines is 1. The topological polar surface area (TPSA) is 37.8 Å². The molecule has 0 spiro atoms. The van der Waals surface area contributed by atoms with Crippen molar-refractivity contribution in [3.63, 3.8) is 0 Å². The first-order chi connectivity index (χ1) is 6.86. The summed E-state index contributed by atoms with van der Waals surface area (Å²) in [6, 6.07) is 0. The fraction of sp³-hybridized carbons (Fsp3) is 0.778. The van der Waals surface area contributed by atoms with Crippen molar-refractivity contribution in [1.82, 2.24) is 9.36 Å². The number of hydrogen-bond acceptors (Lipinski definition) is 4. The zero-order chi connectivity index (χ0) is 10.2. The minimum atomic E-state index is 0.763. The summed E-state index contributed by atoms with van der Waals surface area (Å²) in [5.41, 5.74) is 0. The lowest BCUT2D eigenvalue weighted by Gasteiger charge is -2.00. The first kappa shape index (κ1) is 11.7. The van der Waals surface area contributed by atoms with E-state index in [1.54, 1.807) is 0 Å². The number of nitrogens with zero attached hydrogens (tertiary/aromatic N) is 2. The van der Waals surface area contributed by atoms with Gasteiger partial charge in [0.1, 0.15) is 5.82 Å². The molecule has 0 unspecified atom stereocenters. The summed E-state index contributed by atoms with van der Waals surface area (Å²) in [4.78, 5) is 4.32. The van der Waals surface area contributed by atoms with Crippen LogP contribution in [0.5, 0.6) is 0 Å². The number of hydrogen-bond donors (Lipinski definition) is 1. The molecule has 80 valence electrons. The highest BCUT2D eigenvalue weighted by Crippen LogP contribution is 2.11. The van der Waals surface area contributed by atoms with Crippen molar-refractivity contribution < 1.29 is 0 Å². The summed E-state index contributed by atoms with van der Waals surface area (Å²) in [7, 11) is 0. The molecule has 0 fully saturated rings. The zero-order valence-electron chi connectivity index (χ0n) is 8.42. The number of aromatic nitrogens is 2. The van der Waals surface area contributed by atoms with Crippen LogP contribution in [0.25, 0.3) is 0 Å². The number of alkyl halides is 1. The van der Waals surface area contributed by atoms with Gasteiger partial charge in [-0.2, -0.15) is 4.37 Å². The Labute approximate surface area is 94.1 Å². The van der Waals surface area contributed by atoms with Gasteiger partial charge in [0.2, 0.25) is 5.13 Å². The van der Waals surface area contributed by atoms with Crippen molar-refractivity contribution in [3.05, 3.63) is 5.82 Å². The fourth-order valence-corrected chi connectivity index (χ4v) is 1.92. The Morgan fingerprint density at radius 3 is 2.86 bits per heavy atom. The van der Waals surface area contributed by atoms with Crippen LogP contribution in [0.2, 0.25) is 0 Å². The normalized spacial score (nSPS) is 10.4. The van der Waals surface area contributed by atoms with Gasteiger partial charge in [0.15, 0.2) is 0 Å². The van der Waals surface area contributed by atoms with Gasteiger partial charge in [-0.1, -0.05) is 13.3 Å². The molecule has 1 aromatic rings. The van der Waals surface area contributed by atoms with Gasteiger partial charge in [0, 0.05) is 30.4 Å². The van der Waals surface area contributed by atoms with Crippen LogP contribution in [0.4, 0.5) is 5.13 Å². The smallest absolute Gasteiger partial charge is 0.202 e. The zero-order valence-corrected chi connectivity index (χ0v) is 10.00. The van der Waals surface area contributed by atoms with E-state index in [4.69, 9.17) is 11.6 Å². The summed E-state index contributed by atoms with van der Waals surface area (Å²) in [5, 5.41) is 4.20. The molecule has 0 bridgehead atoms. The van der Waals surface area contributed by atoms with Crippen LogP contribution in [-0.4, -0.2) is 21.8 Å². The van der Waals surface area contributed by atoms with E-state index in [0.717, 1.165) is 42.6 Å². The number of halogens is 1. The minimum absolute atomic E-state index is 0.763. The fourth-order valence-electron chi connectivity index (χ4n) is 1.06. The molecular weight excluding hydrogens is 218 g/mol. The first-order valence-corrected chi connectivity index (χ1v) is 6.30. The molecule has 3 nitrogen and oxygen atoms in total. The Hall–Kier alpha value is -0.350. The minimum Gasteiger partial charge on any atom is -0.360 e. The van der Waals surface area contributed by atoms with E-state index in [1.807, 2.05) is 0 Å². The molecule has 1 rings (SSSR count). The van der Waals surface area contributed by atoms with Gasteiger partial charge < -0.3 is 5.32 Å². The lowest BCUT2D eigenvalue weighted by Crippen LogP contribution is -2.01. The van der Waals surface area contributed by atoms with Gasteiger partial charge in [-0.3, -0.25) is 0 Å². The van der Waals surface area contributed by atoms with Crippen molar-refractivity contribution in [2.24, 2.45) is 0 Å². The van der Waals surface area contributed by atoms with Crippen LogP contribution in [0.1, 0.15) is 32.0 Å². The molecular formula is C9H16ClN3S. The summed E-state index contributed by atoms with van der Waals surface area (Å²) in [6.45, 7) is 3.03. The average Bonchev–Trinajstić information content (AvgIpc) is 2.65. The Bertz CT molecular complexity index is 252. The van der Waals surface area contributed by atoms with Crippen LogP contribution in [-0.2, 0) is 6.42 Å². The van der Waals surface area contributed by atoms with Crippen LogP contribution in [0.3, 0.4) is 0 Å². The molecule has 0 aliphatic carbocycles. The second kappa shape index (κ2) is 7.01. The number of nitrogens with one attached hydrogen (secondary N) is 1. The molecule has 0 radical (unpaired) electrons. The van der Waals surface area contributed by atoms with Crippen molar-refractivity contribution in [2.75, 3.05) is 17.7 Å². The number of aryl methyl sites for hydroxylation is 1. The lowest BCUT2D eigenvalue weighted by atomic mass is 10.2. The third-order valence-corrected chi connectivity index (χ3v) is 2.85. The van der Waals surface area contributed by atoms with Crippen LogP contribution < -0.4 is 5.32 Å². The van der Waals surface area contributed by atoms with E-state index in [9.17, 15) is 0 Å². The van der Waals surface area contributed by atoms with Gasteiger partial charge in [0.25, 0.3) is 0 Å². The molecule has 0 atom stereocenters. The SMILES string of the molecule is CCc1nsc(NCCCCCCl)n1. The standard InChI is InChI=1S/C9H16ClN3S/c1-2-8-12-9(14-13-8)11-7-5-3-4-6-10/h2-7H2,1H3,(H,11,12,13). The maximum atomic E-state index is 5.58. The predicted octanol–water partition coefficient (Wildman–Crippen LogP) is 2.92. The van der Waals surface area contributed by atoms with Crippen LogP contribution in [0.15, 0.2) is 0 Å². The van der Waals surface area contributed by atoms with E-state index < -0.39 is 0 Å². The molecule has 0 saturated carbocycles. The second-order valence-electron chi connectivity index (χ2n) is 3.05. The summed E-state index contributed by atoms with van der Waals surface area (Å²) in [5.74, 6) is 1.69.